The summed E-state index contributed by atoms with van der Waals surface area (Å²) in [7, 11) is 0. The molecular weight excluding hydrogens is 256 g/mol. The van der Waals surface area contributed by atoms with Crippen molar-refractivity contribution in [3.8, 4) is 0 Å². The van der Waals surface area contributed by atoms with Gasteiger partial charge in [0.15, 0.2) is 0 Å². The molecule has 4 heteroatoms. The summed E-state index contributed by atoms with van der Waals surface area (Å²) in [5.74, 6) is 0. The first kappa shape index (κ1) is 15.4. The van der Waals surface area contributed by atoms with Crippen LogP contribution in [0.1, 0.15) is 11.1 Å². The van der Waals surface area contributed by atoms with Crippen LogP contribution >= 0.6 is 0 Å². The van der Waals surface area contributed by atoms with Crippen molar-refractivity contribution in [2.45, 2.75) is 13.2 Å². The quantitative estimate of drug-likeness (QED) is 0.759. The molecule has 0 aromatic heterocycles. The van der Waals surface area contributed by atoms with Crippen molar-refractivity contribution in [1.82, 2.24) is 0 Å². The number of carbonyl (C=O) groups excluding carboxylic acids is 2. The van der Waals surface area contributed by atoms with E-state index < -0.39 is 0 Å². The predicted molar refractivity (Wildman–Crippen MR) is 74.6 cm³/mol. The van der Waals surface area contributed by atoms with Crippen molar-refractivity contribution in [3.05, 3.63) is 71.8 Å². The van der Waals surface area contributed by atoms with Crippen molar-refractivity contribution >= 4 is 12.9 Å². The molecule has 0 N–H and O–H groups in total. The molecule has 0 amide bonds. The van der Waals surface area contributed by atoms with Crippen LogP contribution in [0.25, 0.3) is 0 Å². The lowest BCUT2D eigenvalue weighted by Crippen LogP contribution is -1.88. The second-order valence-electron chi connectivity index (χ2n) is 3.79. The first-order valence-corrected chi connectivity index (χ1v) is 6.05. The number of benzene rings is 2. The zero-order valence-electron chi connectivity index (χ0n) is 11.0. The Morgan fingerprint density at radius 2 is 1.00 bits per heavy atom. The van der Waals surface area contributed by atoms with Gasteiger partial charge in [0, 0.05) is 0 Å². The third-order valence-corrected chi connectivity index (χ3v) is 2.32. The second-order valence-corrected chi connectivity index (χ2v) is 3.79. The largest absolute Gasteiger partial charge is 0.463 e. The van der Waals surface area contributed by atoms with Gasteiger partial charge in [-0.3, -0.25) is 9.59 Å². The lowest BCUT2D eigenvalue weighted by molar-refractivity contribution is -0.130. The summed E-state index contributed by atoms with van der Waals surface area (Å²) in [5, 5.41) is 0. The normalized spacial score (nSPS) is 8.80. The van der Waals surface area contributed by atoms with E-state index in [0.29, 0.717) is 26.2 Å². The fourth-order valence-electron chi connectivity index (χ4n) is 1.41. The molecule has 4 nitrogen and oxygen atoms in total. The Bertz CT molecular complexity index is 435. The maximum absolute atomic E-state index is 9.76. The zero-order valence-corrected chi connectivity index (χ0v) is 11.0. The number of rotatable bonds is 6. The summed E-state index contributed by atoms with van der Waals surface area (Å²) in [5.41, 5.74) is 2.02. The van der Waals surface area contributed by atoms with Crippen molar-refractivity contribution in [3.63, 3.8) is 0 Å². The van der Waals surface area contributed by atoms with E-state index in [1.807, 2.05) is 60.7 Å². The summed E-state index contributed by atoms with van der Waals surface area (Å²) in [6.45, 7) is 1.63. The molecular formula is C16H16O4. The topological polar surface area (TPSA) is 52.6 Å². The lowest BCUT2D eigenvalue weighted by atomic mass is 10.2. The van der Waals surface area contributed by atoms with Crippen LogP contribution in [0.2, 0.25) is 0 Å². The summed E-state index contributed by atoms with van der Waals surface area (Å²) in [6, 6.07) is 19.1. The first-order valence-electron chi connectivity index (χ1n) is 6.05. The highest BCUT2D eigenvalue weighted by molar-refractivity contribution is 5.37. The maximum Gasteiger partial charge on any atom is 0.293 e. The summed E-state index contributed by atoms with van der Waals surface area (Å²) in [4.78, 5) is 19.5. The minimum atomic E-state index is 0.365. The van der Waals surface area contributed by atoms with Gasteiger partial charge in [-0.15, -0.1) is 0 Å². The van der Waals surface area contributed by atoms with Gasteiger partial charge in [-0.1, -0.05) is 60.7 Å². The Labute approximate surface area is 118 Å². The van der Waals surface area contributed by atoms with Crippen molar-refractivity contribution in [2.75, 3.05) is 0 Å². The van der Waals surface area contributed by atoms with Crippen LogP contribution in [0.4, 0.5) is 0 Å². The molecule has 2 rings (SSSR count). The molecule has 2 aromatic carbocycles. The minimum Gasteiger partial charge on any atom is -0.463 e. The van der Waals surface area contributed by atoms with E-state index in [9.17, 15) is 9.59 Å². The van der Waals surface area contributed by atoms with Crippen LogP contribution in [-0.4, -0.2) is 12.9 Å². The fraction of sp³-hybridized carbons (Fsp3) is 0.125. The van der Waals surface area contributed by atoms with Crippen LogP contribution < -0.4 is 0 Å². The van der Waals surface area contributed by atoms with E-state index in [1.54, 1.807) is 0 Å². The van der Waals surface area contributed by atoms with Gasteiger partial charge in [-0.2, -0.15) is 0 Å². The van der Waals surface area contributed by atoms with Gasteiger partial charge < -0.3 is 9.47 Å². The lowest BCUT2D eigenvalue weighted by Gasteiger charge is -1.95. The molecule has 0 unspecified atom stereocenters. The average Bonchev–Trinajstić information content (AvgIpc) is 2.53. The Kier molecular flexibility index (Phi) is 7.96. The van der Waals surface area contributed by atoms with E-state index in [-0.39, 0.29) is 0 Å². The van der Waals surface area contributed by atoms with E-state index >= 15 is 0 Å². The molecule has 0 aliphatic carbocycles. The summed E-state index contributed by atoms with van der Waals surface area (Å²) >= 11 is 0. The van der Waals surface area contributed by atoms with Gasteiger partial charge in [0.05, 0.1) is 0 Å². The second kappa shape index (κ2) is 10.3. The number of hydrogen-bond donors (Lipinski definition) is 0. The summed E-state index contributed by atoms with van der Waals surface area (Å²) in [6.07, 6.45) is 0. The van der Waals surface area contributed by atoms with Gasteiger partial charge in [-0.25, -0.2) is 0 Å². The number of carbonyl (C=O) groups is 2. The van der Waals surface area contributed by atoms with Crippen LogP contribution in [0.5, 0.6) is 0 Å². The molecule has 0 saturated carbocycles. The van der Waals surface area contributed by atoms with E-state index in [2.05, 4.69) is 9.47 Å². The molecule has 0 radical (unpaired) electrons. The van der Waals surface area contributed by atoms with Gasteiger partial charge in [0.1, 0.15) is 13.2 Å². The molecule has 0 atom stereocenters. The third kappa shape index (κ3) is 6.96. The molecule has 0 spiro atoms. The van der Waals surface area contributed by atoms with E-state index in [0.717, 1.165) is 11.1 Å². The minimum absolute atomic E-state index is 0.365. The SMILES string of the molecule is O=COCc1ccccc1.O=COCc1ccccc1. The van der Waals surface area contributed by atoms with Gasteiger partial charge in [-0.05, 0) is 11.1 Å². The predicted octanol–water partition coefficient (Wildman–Crippen LogP) is 2.72. The molecule has 104 valence electrons. The smallest absolute Gasteiger partial charge is 0.293 e. The standard InChI is InChI=1S/2C8H8O2/c2*9-7-10-6-8-4-2-1-3-5-8/h2*1-5,7H,6H2. The molecule has 2 aromatic rings. The Hall–Kier alpha value is -2.62. The molecule has 0 heterocycles. The highest BCUT2D eigenvalue weighted by Gasteiger charge is 1.87. The third-order valence-electron chi connectivity index (χ3n) is 2.32. The van der Waals surface area contributed by atoms with Crippen molar-refractivity contribution in [1.29, 1.82) is 0 Å². The number of ether oxygens (including phenoxy) is 2. The Balaban J connectivity index is 0.000000200. The molecule has 0 aliphatic heterocycles. The van der Waals surface area contributed by atoms with Crippen LogP contribution in [-0.2, 0) is 32.3 Å². The first-order chi connectivity index (χ1) is 9.86. The van der Waals surface area contributed by atoms with Crippen molar-refractivity contribution in [2.24, 2.45) is 0 Å². The molecule has 0 aliphatic rings. The van der Waals surface area contributed by atoms with Crippen LogP contribution in [0, 0.1) is 0 Å². The van der Waals surface area contributed by atoms with Gasteiger partial charge >= 0.3 is 0 Å². The number of hydrogen-bond acceptors (Lipinski definition) is 4. The highest BCUT2D eigenvalue weighted by Crippen LogP contribution is 1.99. The Morgan fingerprint density at radius 1 is 0.650 bits per heavy atom. The van der Waals surface area contributed by atoms with Crippen LogP contribution in [0.15, 0.2) is 60.7 Å². The molecule has 0 fully saturated rings. The van der Waals surface area contributed by atoms with Crippen LogP contribution in [0.3, 0.4) is 0 Å². The fourth-order valence-corrected chi connectivity index (χ4v) is 1.41. The van der Waals surface area contributed by atoms with Gasteiger partial charge in [0.2, 0.25) is 0 Å². The average molecular weight is 272 g/mol. The summed E-state index contributed by atoms with van der Waals surface area (Å²) < 4.78 is 9.08. The Morgan fingerprint density at radius 3 is 1.30 bits per heavy atom. The highest BCUT2D eigenvalue weighted by atomic mass is 16.5. The van der Waals surface area contributed by atoms with Gasteiger partial charge in [0.25, 0.3) is 12.9 Å². The van der Waals surface area contributed by atoms with E-state index in [1.165, 1.54) is 0 Å². The molecule has 20 heavy (non-hydrogen) atoms. The van der Waals surface area contributed by atoms with E-state index in [4.69, 9.17) is 0 Å². The molecule has 0 saturated heterocycles. The maximum atomic E-state index is 9.76. The molecule has 0 bridgehead atoms. The van der Waals surface area contributed by atoms with Crippen molar-refractivity contribution < 1.29 is 19.1 Å². The zero-order chi connectivity index (χ0) is 14.5. The monoisotopic (exact) mass is 272 g/mol.